The Bertz CT molecular complexity index is 371. The molecule has 0 saturated carbocycles. The van der Waals surface area contributed by atoms with Crippen molar-refractivity contribution in [2.45, 2.75) is 26.3 Å². The Kier molecular flexibility index (Phi) is 3.50. The standard InChI is InChI=1S/C11H15BrN2O/c1-11(2,3)14(4)10(15)8-5-6-13-7-9(8)12/h5-7H,1-4H3. The molecule has 0 aliphatic heterocycles. The van der Waals surface area contributed by atoms with Crippen molar-refractivity contribution in [1.29, 1.82) is 0 Å². The van der Waals surface area contributed by atoms with E-state index in [1.807, 2.05) is 20.8 Å². The highest BCUT2D eigenvalue weighted by atomic mass is 79.9. The van der Waals surface area contributed by atoms with Crippen LogP contribution in [0.4, 0.5) is 0 Å². The number of carbonyl (C=O) groups excluding carboxylic acids is 1. The third-order valence-electron chi connectivity index (χ3n) is 2.31. The second kappa shape index (κ2) is 4.31. The predicted molar refractivity (Wildman–Crippen MR) is 63.8 cm³/mol. The van der Waals surface area contributed by atoms with Crippen molar-refractivity contribution in [3.8, 4) is 0 Å². The van der Waals surface area contributed by atoms with E-state index in [2.05, 4.69) is 20.9 Å². The van der Waals surface area contributed by atoms with E-state index >= 15 is 0 Å². The van der Waals surface area contributed by atoms with Crippen molar-refractivity contribution in [1.82, 2.24) is 9.88 Å². The number of hydrogen-bond donors (Lipinski definition) is 0. The molecule has 0 aromatic carbocycles. The summed E-state index contributed by atoms with van der Waals surface area (Å²) >= 11 is 3.32. The fourth-order valence-corrected chi connectivity index (χ4v) is 1.45. The van der Waals surface area contributed by atoms with E-state index in [0.29, 0.717) is 5.56 Å². The lowest BCUT2D eigenvalue weighted by Gasteiger charge is -2.32. The van der Waals surface area contributed by atoms with E-state index in [9.17, 15) is 4.79 Å². The topological polar surface area (TPSA) is 33.2 Å². The highest BCUT2D eigenvalue weighted by molar-refractivity contribution is 9.10. The molecule has 0 fully saturated rings. The smallest absolute Gasteiger partial charge is 0.255 e. The van der Waals surface area contributed by atoms with Crippen LogP contribution in [0.1, 0.15) is 31.1 Å². The van der Waals surface area contributed by atoms with Gasteiger partial charge in [-0.25, -0.2) is 0 Å². The number of carbonyl (C=O) groups is 1. The third kappa shape index (κ3) is 2.78. The minimum atomic E-state index is -0.181. The van der Waals surface area contributed by atoms with Crippen LogP contribution >= 0.6 is 15.9 Å². The number of aromatic nitrogens is 1. The first-order chi connectivity index (χ1) is 6.84. The first-order valence-electron chi connectivity index (χ1n) is 4.71. The van der Waals surface area contributed by atoms with Gasteiger partial charge in [-0.3, -0.25) is 9.78 Å². The van der Waals surface area contributed by atoms with Gasteiger partial charge in [0.15, 0.2) is 0 Å². The number of nitrogens with zero attached hydrogens (tertiary/aromatic N) is 2. The average molecular weight is 271 g/mol. The molecule has 0 spiro atoms. The number of hydrogen-bond acceptors (Lipinski definition) is 2. The molecule has 1 heterocycles. The molecule has 1 aromatic rings. The molecule has 0 atom stereocenters. The van der Waals surface area contributed by atoms with Crippen LogP contribution in [0.25, 0.3) is 0 Å². The SMILES string of the molecule is CN(C(=O)c1ccncc1Br)C(C)(C)C. The highest BCUT2D eigenvalue weighted by Crippen LogP contribution is 2.20. The summed E-state index contributed by atoms with van der Waals surface area (Å²) in [7, 11) is 1.80. The summed E-state index contributed by atoms with van der Waals surface area (Å²) in [5.41, 5.74) is 0.460. The summed E-state index contributed by atoms with van der Waals surface area (Å²) in [6, 6.07) is 1.72. The number of amides is 1. The van der Waals surface area contributed by atoms with Crippen molar-refractivity contribution in [3.05, 3.63) is 28.5 Å². The van der Waals surface area contributed by atoms with Gasteiger partial charge in [-0.1, -0.05) is 0 Å². The summed E-state index contributed by atoms with van der Waals surface area (Å²) in [5.74, 6) is -0.00299. The maximum absolute atomic E-state index is 12.1. The molecule has 0 saturated heterocycles. The van der Waals surface area contributed by atoms with Crippen molar-refractivity contribution < 1.29 is 4.79 Å². The van der Waals surface area contributed by atoms with Crippen molar-refractivity contribution in [2.24, 2.45) is 0 Å². The van der Waals surface area contributed by atoms with Gasteiger partial charge < -0.3 is 4.90 Å². The highest BCUT2D eigenvalue weighted by Gasteiger charge is 2.24. The zero-order chi connectivity index (χ0) is 11.6. The lowest BCUT2D eigenvalue weighted by atomic mass is 10.1. The first-order valence-corrected chi connectivity index (χ1v) is 5.51. The molecule has 15 heavy (non-hydrogen) atoms. The Morgan fingerprint density at radius 1 is 1.47 bits per heavy atom. The maximum Gasteiger partial charge on any atom is 0.255 e. The molecule has 0 N–H and O–H groups in total. The molecule has 1 aromatic heterocycles. The molecule has 0 aliphatic rings. The minimum absolute atomic E-state index is 0.00299. The lowest BCUT2D eigenvalue weighted by molar-refractivity contribution is 0.0654. The van der Waals surface area contributed by atoms with Crippen LogP contribution in [0.3, 0.4) is 0 Å². The Morgan fingerprint density at radius 3 is 2.53 bits per heavy atom. The normalized spacial score (nSPS) is 11.3. The molecule has 0 bridgehead atoms. The van der Waals surface area contributed by atoms with Crippen LogP contribution in [0.5, 0.6) is 0 Å². The van der Waals surface area contributed by atoms with Gasteiger partial charge in [-0.2, -0.15) is 0 Å². The number of pyridine rings is 1. The fourth-order valence-electron chi connectivity index (χ4n) is 1.03. The minimum Gasteiger partial charge on any atom is -0.337 e. The van der Waals surface area contributed by atoms with Crippen LogP contribution in [0.2, 0.25) is 0 Å². The van der Waals surface area contributed by atoms with Gasteiger partial charge in [0.25, 0.3) is 5.91 Å². The molecular formula is C11H15BrN2O. The Labute approximate surface area is 98.6 Å². The van der Waals surface area contributed by atoms with Crippen LogP contribution in [-0.4, -0.2) is 28.4 Å². The van der Waals surface area contributed by atoms with E-state index < -0.39 is 0 Å². The molecule has 0 unspecified atom stereocenters. The number of halogens is 1. The van der Waals surface area contributed by atoms with Gasteiger partial charge in [0.05, 0.1) is 5.56 Å². The quantitative estimate of drug-likeness (QED) is 0.786. The number of rotatable bonds is 1. The zero-order valence-electron chi connectivity index (χ0n) is 9.41. The maximum atomic E-state index is 12.1. The fraction of sp³-hybridized carbons (Fsp3) is 0.455. The molecule has 4 heteroatoms. The second-order valence-corrected chi connectivity index (χ2v) is 5.24. The molecule has 1 amide bonds. The van der Waals surface area contributed by atoms with E-state index in [1.54, 1.807) is 30.4 Å². The average Bonchev–Trinajstić information content (AvgIpc) is 2.15. The largest absolute Gasteiger partial charge is 0.337 e. The van der Waals surface area contributed by atoms with E-state index in [0.717, 1.165) is 4.47 Å². The van der Waals surface area contributed by atoms with Gasteiger partial charge in [0.1, 0.15) is 0 Å². The summed E-state index contributed by atoms with van der Waals surface area (Å²) < 4.78 is 0.728. The summed E-state index contributed by atoms with van der Waals surface area (Å²) in [4.78, 5) is 17.7. The monoisotopic (exact) mass is 270 g/mol. The molecule has 0 radical (unpaired) electrons. The van der Waals surface area contributed by atoms with Crippen LogP contribution in [0, 0.1) is 0 Å². The summed E-state index contributed by atoms with van der Waals surface area (Å²) in [5, 5.41) is 0. The summed E-state index contributed by atoms with van der Waals surface area (Å²) in [6.45, 7) is 6.00. The van der Waals surface area contributed by atoms with Gasteiger partial charge in [-0.15, -0.1) is 0 Å². The van der Waals surface area contributed by atoms with Crippen molar-refractivity contribution in [2.75, 3.05) is 7.05 Å². The van der Waals surface area contributed by atoms with E-state index in [-0.39, 0.29) is 11.4 Å². The van der Waals surface area contributed by atoms with Crippen molar-refractivity contribution >= 4 is 21.8 Å². The Hall–Kier alpha value is -0.900. The van der Waals surface area contributed by atoms with Gasteiger partial charge in [0, 0.05) is 29.5 Å². The molecule has 0 aliphatic carbocycles. The van der Waals surface area contributed by atoms with Crippen LogP contribution < -0.4 is 0 Å². The van der Waals surface area contributed by atoms with E-state index in [4.69, 9.17) is 0 Å². The lowest BCUT2D eigenvalue weighted by Crippen LogP contribution is -2.42. The molecule has 82 valence electrons. The third-order valence-corrected chi connectivity index (χ3v) is 2.95. The molecule has 1 rings (SSSR count). The van der Waals surface area contributed by atoms with Gasteiger partial charge >= 0.3 is 0 Å². The van der Waals surface area contributed by atoms with E-state index in [1.165, 1.54) is 0 Å². The van der Waals surface area contributed by atoms with Crippen molar-refractivity contribution in [3.63, 3.8) is 0 Å². The Morgan fingerprint density at radius 2 is 2.07 bits per heavy atom. The summed E-state index contributed by atoms with van der Waals surface area (Å²) in [6.07, 6.45) is 3.25. The molecule has 3 nitrogen and oxygen atoms in total. The predicted octanol–water partition coefficient (Wildman–Crippen LogP) is 2.71. The zero-order valence-corrected chi connectivity index (χ0v) is 11.0. The Balaban J connectivity index is 3.01. The van der Waals surface area contributed by atoms with Crippen LogP contribution in [-0.2, 0) is 0 Å². The molecular weight excluding hydrogens is 256 g/mol. The first kappa shape index (κ1) is 12.2. The van der Waals surface area contributed by atoms with Crippen LogP contribution in [0.15, 0.2) is 22.9 Å². The van der Waals surface area contributed by atoms with Gasteiger partial charge in [-0.05, 0) is 42.8 Å². The van der Waals surface area contributed by atoms with Gasteiger partial charge in [0.2, 0.25) is 0 Å². The second-order valence-electron chi connectivity index (χ2n) is 4.39.